The molecule has 0 radical (unpaired) electrons. The summed E-state index contributed by atoms with van der Waals surface area (Å²) >= 11 is 3.56. The fourth-order valence-electron chi connectivity index (χ4n) is 2.23. The molecule has 1 aliphatic rings. The number of methoxy groups -OCH3 is 1. The van der Waals surface area contributed by atoms with Crippen LogP contribution in [0, 0.1) is 6.92 Å². The van der Waals surface area contributed by atoms with Crippen molar-refractivity contribution in [3.63, 3.8) is 0 Å². The molecule has 0 saturated heterocycles. The molecule has 3 rings (SSSR count). The van der Waals surface area contributed by atoms with Gasteiger partial charge >= 0.3 is 0 Å². The van der Waals surface area contributed by atoms with E-state index >= 15 is 0 Å². The van der Waals surface area contributed by atoms with Gasteiger partial charge < -0.3 is 19.5 Å². The van der Waals surface area contributed by atoms with Crippen LogP contribution in [-0.2, 0) is 6.54 Å². The molecule has 1 heterocycles. The first kappa shape index (κ1) is 14.1. The first-order valence-corrected chi connectivity index (χ1v) is 7.43. The fraction of sp³-hybridized carbons (Fsp3) is 0.250. The van der Waals surface area contributed by atoms with Crippen LogP contribution in [0.3, 0.4) is 0 Å². The van der Waals surface area contributed by atoms with Crippen LogP contribution in [0.15, 0.2) is 34.8 Å². The molecule has 0 saturated carbocycles. The molecule has 0 atom stereocenters. The molecule has 0 unspecified atom stereocenters. The van der Waals surface area contributed by atoms with E-state index in [9.17, 15) is 0 Å². The predicted molar refractivity (Wildman–Crippen MR) is 85.3 cm³/mol. The summed E-state index contributed by atoms with van der Waals surface area (Å²) in [5.41, 5.74) is 3.23. The van der Waals surface area contributed by atoms with Gasteiger partial charge in [0.05, 0.1) is 12.8 Å². The number of hydrogen-bond donors (Lipinski definition) is 1. The summed E-state index contributed by atoms with van der Waals surface area (Å²) in [6, 6.07) is 10.0. The Morgan fingerprint density at radius 1 is 1.19 bits per heavy atom. The number of rotatable bonds is 4. The van der Waals surface area contributed by atoms with Crippen LogP contribution in [0.5, 0.6) is 17.2 Å². The third-order valence-corrected chi connectivity index (χ3v) is 4.11. The van der Waals surface area contributed by atoms with Crippen LogP contribution in [0.1, 0.15) is 11.1 Å². The molecule has 0 spiro atoms. The number of halogens is 1. The van der Waals surface area contributed by atoms with Gasteiger partial charge in [-0.15, -0.1) is 0 Å². The van der Waals surface area contributed by atoms with Crippen molar-refractivity contribution in [3.8, 4) is 17.2 Å². The number of fused-ring (bicyclic) bond motifs is 1. The highest BCUT2D eigenvalue weighted by atomic mass is 79.9. The summed E-state index contributed by atoms with van der Waals surface area (Å²) in [4.78, 5) is 0. The van der Waals surface area contributed by atoms with E-state index in [-0.39, 0.29) is 6.79 Å². The maximum atomic E-state index is 5.41. The lowest BCUT2D eigenvalue weighted by atomic mass is 10.1. The van der Waals surface area contributed by atoms with Crippen LogP contribution in [0.25, 0.3) is 0 Å². The van der Waals surface area contributed by atoms with Gasteiger partial charge in [0.15, 0.2) is 11.5 Å². The molecule has 21 heavy (non-hydrogen) atoms. The normalized spacial score (nSPS) is 12.3. The summed E-state index contributed by atoms with van der Waals surface area (Å²) < 4.78 is 17.2. The molecule has 0 fully saturated rings. The first-order valence-electron chi connectivity index (χ1n) is 6.64. The Bertz CT molecular complexity index is 673. The second-order valence-corrected chi connectivity index (χ2v) is 5.71. The van der Waals surface area contributed by atoms with E-state index in [1.807, 2.05) is 31.2 Å². The van der Waals surface area contributed by atoms with Crippen molar-refractivity contribution in [2.45, 2.75) is 13.5 Å². The van der Waals surface area contributed by atoms with Gasteiger partial charge in [-0.05, 0) is 42.3 Å². The highest BCUT2D eigenvalue weighted by Crippen LogP contribution is 2.37. The molecule has 4 nitrogen and oxygen atoms in total. The van der Waals surface area contributed by atoms with Crippen molar-refractivity contribution in [1.29, 1.82) is 0 Å². The van der Waals surface area contributed by atoms with E-state index in [1.165, 1.54) is 5.56 Å². The van der Waals surface area contributed by atoms with Crippen molar-refractivity contribution in [2.24, 2.45) is 0 Å². The van der Waals surface area contributed by atoms with Crippen LogP contribution in [0.2, 0.25) is 0 Å². The van der Waals surface area contributed by atoms with Crippen molar-refractivity contribution in [1.82, 2.24) is 0 Å². The summed E-state index contributed by atoms with van der Waals surface area (Å²) in [6.07, 6.45) is 0. The summed E-state index contributed by atoms with van der Waals surface area (Å²) in [7, 11) is 1.68. The van der Waals surface area contributed by atoms with Gasteiger partial charge in [0, 0.05) is 11.0 Å². The molecule has 0 amide bonds. The number of anilines is 1. The smallest absolute Gasteiger partial charge is 0.231 e. The Kier molecular flexibility index (Phi) is 3.92. The lowest BCUT2D eigenvalue weighted by Gasteiger charge is -2.13. The second-order valence-electron chi connectivity index (χ2n) is 4.85. The third-order valence-electron chi connectivity index (χ3n) is 3.37. The second kappa shape index (κ2) is 5.85. The fourth-order valence-corrected chi connectivity index (χ4v) is 2.69. The lowest BCUT2D eigenvalue weighted by Crippen LogP contribution is -2.02. The molecular formula is C16H16BrNO3. The monoisotopic (exact) mass is 349 g/mol. The molecule has 0 aliphatic carbocycles. The van der Waals surface area contributed by atoms with Crippen molar-refractivity contribution in [2.75, 3.05) is 19.2 Å². The maximum absolute atomic E-state index is 5.41. The van der Waals surface area contributed by atoms with E-state index in [0.717, 1.165) is 33.0 Å². The van der Waals surface area contributed by atoms with Gasteiger partial charge in [0.25, 0.3) is 0 Å². The van der Waals surface area contributed by atoms with Crippen molar-refractivity contribution in [3.05, 3.63) is 45.9 Å². The molecule has 5 heteroatoms. The van der Waals surface area contributed by atoms with Gasteiger partial charge in [-0.25, -0.2) is 0 Å². The van der Waals surface area contributed by atoms with E-state index in [2.05, 4.69) is 27.3 Å². The first-order chi connectivity index (χ1) is 10.2. The predicted octanol–water partition coefficient (Wildman–Crippen LogP) is 4.11. The minimum Gasteiger partial charge on any atom is -0.495 e. The number of ether oxygens (including phenoxy) is 3. The molecule has 1 N–H and O–H groups in total. The van der Waals surface area contributed by atoms with E-state index in [4.69, 9.17) is 14.2 Å². The van der Waals surface area contributed by atoms with Gasteiger partial charge in [0.2, 0.25) is 6.79 Å². The summed E-state index contributed by atoms with van der Waals surface area (Å²) in [5.74, 6) is 2.40. The number of nitrogens with one attached hydrogen (secondary N) is 1. The number of benzene rings is 2. The highest BCUT2D eigenvalue weighted by molar-refractivity contribution is 9.10. The minimum atomic E-state index is 0.282. The molecule has 110 valence electrons. The van der Waals surface area contributed by atoms with E-state index in [1.54, 1.807) is 7.11 Å². The van der Waals surface area contributed by atoms with E-state index < -0.39 is 0 Å². The quantitative estimate of drug-likeness (QED) is 0.901. The SMILES string of the molecule is COc1cc(C)ccc1NCc1cc2c(cc1Br)OCO2. The summed E-state index contributed by atoms with van der Waals surface area (Å²) in [6.45, 7) is 2.99. The minimum absolute atomic E-state index is 0.282. The van der Waals surface area contributed by atoms with Gasteiger partial charge in [-0.2, -0.15) is 0 Å². The molecule has 0 bridgehead atoms. The van der Waals surface area contributed by atoms with Gasteiger partial charge in [-0.3, -0.25) is 0 Å². The Hall–Kier alpha value is -1.88. The highest BCUT2D eigenvalue weighted by Gasteiger charge is 2.16. The molecule has 2 aromatic rings. The van der Waals surface area contributed by atoms with Crippen LogP contribution < -0.4 is 19.5 Å². The molecule has 0 aromatic heterocycles. The largest absolute Gasteiger partial charge is 0.495 e. The van der Waals surface area contributed by atoms with Crippen molar-refractivity contribution >= 4 is 21.6 Å². The van der Waals surface area contributed by atoms with Crippen molar-refractivity contribution < 1.29 is 14.2 Å². The van der Waals surface area contributed by atoms with Gasteiger partial charge in [-0.1, -0.05) is 22.0 Å². The zero-order chi connectivity index (χ0) is 14.8. The molecular weight excluding hydrogens is 334 g/mol. The van der Waals surface area contributed by atoms with E-state index in [0.29, 0.717) is 6.54 Å². The average molecular weight is 350 g/mol. The molecule has 2 aromatic carbocycles. The zero-order valence-electron chi connectivity index (χ0n) is 11.9. The third kappa shape index (κ3) is 2.93. The lowest BCUT2D eigenvalue weighted by molar-refractivity contribution is 0.174. The maximum Gasteiger partial charge on any atom is 0.231 e. The topological polar surface area (TPSA) is 39.7 Å². The standard InChI is InChI=1S/C16H16BrNO3/c1-10-3-4-13(14(5-10)19-2)18-8-11-6-15-16(7-12(11)17)21-9-20-15/h3-7,18H,8-9H2,1-2H3. The Labute approximate surface area is 132 Å². The number of aryl methyl sites for hydroxylation is 1. The zero-order valence-corrected chi connectivity index (χ0v) is 13.5. The average Bonchev–Trinajstić information content (AvgIpc) is 2.92. The Morgan fingerprint density at radius 3 is 2.71 bits per heavy atom. The van der Waals surface area contributed by atoms with Crippen LogP contribution in [-0.4, -0.2) is 13.9 Å². The Balaban J connectivity index is 1.79. The van der Waals surface area contributed by atoms with Crippen LogP contribution in [0.4, 0.5) is 5.69 Å². The molecule has 1 aliphatic heterocycles. The Morgan fingerprint density at radius 2 is 1.95 bits per heavy atom. The summed E-state index contributed by atoms with van der Waals surface area (Å²) in [5, 5.41) is 3.39. The van der Waals surface area contributed by atoms with Crippen LogP contribution >= 0.6 is 15.9 Å². The number of hydrogen-bond acceptors (Lipinski definition) is 4. The van der Waals surface area contributed by atoms with Gasteiger partial charge in [0.1, 0.15) is 5.75 Å².